The minimum Gasteiger partial charge on any atom is -0.308 e. The predicted molar refractivity (Wildman–Crippen MR) is 52.2 cm³/mol. The summed E-state index contributed by atoms with van der Waals surface area (Å²) in [5.41, 5.74) is 1.32. The molecule has 2 heterocycles. The van der Waals surface area contributed by atoms with Crippen LogP contribution in [0, 0.1) is 0 Å². The van der Waals surface area contributed by atoms with Crippen LogP contribution in [0.1, 0.15) is 5.56 Å². The van der Waals surface area contributed by atoms with E-state index in [0.29, 0.717) is 0 Å². The molecular weight excluding hydrogens is 168 g/mol. The first kappa shape index (κ1) is 8.08. The number of nitrogens with zero attached hydrogens (tertiary/aromatic N) is 1. The minimum atomic E-state index is 0.739. The number of hydrogen-bond donors (Lipinski definition) is 1. The Morgan fingerprint density at radius 1 is 1.42 bits per heavy atom. The van der Waals surface area contributed by atoms with Crippen LogP contribution in [0.15, 0.2) is 24.5 Å². The van der Waals surface area contributed by atoms with Crippen LogP contribution in [0.2, 0.25) is 0 Å². The van der Waals surface area contributed by atoms with Gasteiger partial charge in [-0.2, -0.15) is 11.8 Å². The summed E-state index contributed by atoms with van der Waals surface area (Å²) in [6.07, 6.45) is 3.68. The summed E-state index contributed by atoms with van der Waals surface area (Å²) in [7, 11) is 0. The lowest BCUT2D eigenvalue weighted by molar-refractivity contribution is 0.583. The third-order valence-corrected chi connectivity index (χ3v) is 3.26. The Labute approximate surface area is 76.8 Å². The lowest BCUT2D eigenvalue weighted by Crippen LogP contribution is -2.39. The van der Waals surface area contributed by atoms with Gasteiger partial charge in [0.2, 0.25) is 0 Å². The Bertz CT molecular complexity index is 234. The van der Waals surface area contributed by atoms with E-state index in [4.69, 9.17) is 0 Å². The quantitative estimate of drug-likeness (QED) is 0.758. The topological polar surface area (TPSA) is 24.9 Å². The van der Waals surface area contributed by atoms with Crippen molar-refractivity contribution in [3.63, 3.8) is 0 Å². The second kappa shape index (κ2) is 3.92. The van der Waals surface area contributed by atoms with Crippen molar-refractivity contribution in [1.82, 2.24) is 10.3 Å². The van der Waals surface area contributed by atoms with Crippen molar-refractivity contribution < 1.29 is 0 Å². The SMILES string of the molecule is c1cc(CNC2CSC2)ccn1. The molecule has 1 saturated heterocycles. The Kier molecular flexibility index (Phi) is 2.64. The molecule has 1 N–H and O–H groups in total. The van der Waals surface area contributed by atoms with E-state index in [1.807, 2.05) is 24.2 Å². The monoisotopic (exact) mass is 180 g/mol. The summed E-state index contributed by atoms with van der Waals surface area (Å²) >= 11 is 2.01. The van der Waals surface area contributed by atoms with Gasteiger partial charge in [-0.05, 0) is 17.7 Å². The summed E-state index contributed by atoms with van der Waals surface area (Å²) in [6.45, 7) is 0.980. The number of pyridine rings is 1. The van der Waals surface area contributed by atoms with Gasteiger partial charge >= 0.3 is 0 Å². The van der Waals surface area contributed by atoms with E-state index in [1.165, 1.54) is 17.1 Å². The molecule has 64 valence electrons. The molecule has 0 amide bonds. The van der Waals surface area contributed by atoms with Crippen molar-refractivity contribution in [3.8, 4) is 0 Å². The smallest absolute Gasteiger partial charge is 0.0271 e. The van der Waals surface area contributed by atoms with Crippen LogP contribution in [0.5, 0.6) is 0 Å². The molecule has 2 rings (SSSR count). The lowest BCUT2D eigenvalue weighted by Gasteiger charge is -2.25. The highest BCUT2D eigenvalue weighted by atomic mass is 32.2. The standard InChI is InChI=1S/C9H12N2S/c1-3-10-4-2-8(1)5-11-9-6-12-7-9/h1-4,9,11H,5-7H2. The molecule has 0 bridgehead atoms. The van der Waals surface area contributed by atoms with Crippen LogP contribution in [-0.2, 0) is 6.54 Å². The average molecular weight is 180 g/mol. The second-order valence-electron chi connectivity index (χ2n) is 2.97. The zero-order chi connectivity index (χ0) is 8.23. The van der Waals surface area contributed by atoms with Crippen LogP contribution >= 0.6 is 11.8 Å². The second-order valence-corrected chi connectivity index (χ2v) is 4.05. The molecule has 3 heteroatoms. The van der Waals surface area contributed by atoms with Gasteiger partial charge < -0.3 is 5.32 Å². The fraction of sp³-hybridized carbons (Fsp3) is 0.444. The van der Waals surface area contributed by atoms with Gasteiger partial charge in [-0.15, -0.1) is 0 Å². The maximum atomic E-state index is 3.97. The zero-order valence-corrected chi connectivity index (χ0v) is 7.68. The predicted octanol–water partition coefficient (Wildman–Crippen LogP) is 1.29. The maximum Gasteiger partial charge on any atom is 0.0271 e. The van der Waals surface area contributed by atoms with Crippen molar-refractivity contribution in [3.05, 3.63) is 30.1 Å². The van der Waals surface area contributed by atoms with Crippen LogP contribution in [0.4, 0.5) is 0 Å². The molecule has 1 aromatic rings. The third-order valence-electron chi connectivity index (χ3n) is 1.98. The van der Waals surface area contributed by atoms with E-state index < -0.39 is 0 Å². The Morgan fingerprint density at radius 3 is 2.75 bits per heavy atom. The molecule has 0 radical (unpaired) electrons. The van der Waals surface area contributed by atoms with E-state index in [9.17, 15) is 0 Å². The maximum absolute atomic E-state index is 3.97. The summed E-state index contributed by atoms with van der Waals surface area (Å²) < 4.78 is 0. The molecule has 1 fully saturated rings. The first-order chi connectivity index (χ1) is 5.95. The van der Waals surface area contributed by atoms with E-state index in [-0.39, 0.29) is 0 Å². The summed E-state index contributed by atoms with van der Waals surface area (Å²) in [4.78, 5) is 3.97. The Hall–Kier alpha value is -0.540. The van der Waals surface area contributed by atoms with Gasteiger partial charge in [0, 0.05) is 36.5 Å². The number of hydrogen-bond acceptors (Lipinski definition) is 3. The number of thioether (sulfide) groups is 1. The molecule has 12 heavy (non-hydrogen) atoms. The summed E-state index contributed by atoms with van der Waals surface area (Å²) in [6, 6.07) is 4.85. The average Bonchev–Trinajstić information content (AvgIpc) is 2.04. The molecule has 0 aromatic carbocycles. The van der Waals surface area contributed by atoms with Crippen molar-refractivity contribution in [2.75, 3.05) is 11.5 Å². The van der Waals surface area contributed by atoms with Crippen molar-refractivity contribution in [2.45, 2.75) is 12.6 Å². The van der Waals surface area contributed by atoms with E-state index in [1.54, 1.807) is 0 Å². The van der Waals surface area contributed by atoms with Crippen LogP contribution in [0.25, 0.3) is 0 Å². The Morgan fingerprint density at radius 2 is 2.17 bits per heavy atom. The van der Waals surface area contributed by atoms with E-state index in [0.717, 1.165) is 12.6 Å². The molecule has 1 aliphatic rings. The lowest BCUT2D eigenvalue weighted by atomic mass is 10.2. The molecule has 1 aliphatic heterocycles. The van der Waals surface area contributed by atoms with Crippen LogP contribution in [0.3, 0.4) is 0 Å². The molecular formula is C9H12N2S. The first-order valence-corrected chi connectivity index (χ1v) is 5.30. The van der Waals surface area contributed by atoms with Gasteiger partial charge in [-0.25, -0.2) is 0 Å². The zero-order valence-electron chi connectivity index (χ0n) is 6.86. The molecule has 0 aliphatic carbocycles. The first-order valence-electron chi connectivity index (χ1n) is 4.15. The van der Waals surface area contributed by atoms with Gasteiger partial charge in [0.15, 0.2) is 0 Å². The van der Waals surface area contributed by atoms with Crippen LogP contribution in [-0.4, -0.2) is 22.5 Å². The molecule has 0 atom stereocenters. The van der Waals surface area contributed by atoms with Crippen molar-refractivity contribution in [2.24, 2.45) is 0 Å². The fourth-order valence-electron chi connectivity index (χ4n) is 1.12. The molecule has 0 unspecified atom stereocenters. The van der Waals surface area contributed by atoms with Gasteiger partial charge in [0.25, 0.3) is 0 Å². The summed E-state index contributed by atoms with van der Waals surface area (Å²) in [5, 5.41) is 3.49. The van der Waals surface area contributed by atoms with Gasteiger partial charge in [0.1, 0.15) is 0 Å². The largest absolute Gasteiger partial charge is 0.308 e. The van der Waals surface area contributed by atoms with Gasteiger partial charge in [-0.1, -0.05) is 0 Å². The highest BCUT2D eigenvalue weighted by molar-refractivity contribution is 8.00. The molecule has 0 spiro atoms. The van der Waals surface area contributed by atoms with E-state index >= 15 is 0 Å². The number of rotatable bonds is 3. The normalized spacial score (nSPS) is 17.3. The molecule has 1 aromatic heterocycles. The Balaban J connectivity index is 1.79. The minimum absolute atomic E-state index is 0.739. The number of nitrogens with one attached hydrogen (secondary N) is 1. The number of aromatic nitrogens is 1. The van der Waals surface area contributed by atoms with Gasteiger partial charge in [0.05, 0.1) is 0 Å². The van der Waals surface area contributed by atoms with Crippen LogP contribution < -0.4 is 5.32 Å². The third kappa shape index (κ3) is 1.99. The summed E-state index contributed by atoms with van der Waals surface area (Å²) in [5.74, 6) is 2.54. The highest BCUT2D eigenvalue weighted by Gasteiger charge is 2.16. The van der Waals surface area contributed by atoms with Crippen molar-refractivity contribution in [1.29, 1.82) is 0 Å². The molecule has 0 saturated carbocycles. The highest BCUT2D eigenvalue weighted by Crippen LogP contribution is 2.17. The van der Waals surface area contributed by atoms with Crippen molar-refractivity contribution >= 4 is 11.8 Å². The fourth-order valence-corrected chi connectivity index (χ4v) is 1.82. The van der Waals surface area contributed by atoms with E-state index in [2.05, 4.69) is 22.4 Å². The molecule has 2 nitrogen and oxygen atoms in total. The van der Waals surface area contributed by atoms with Gasteiger partial charge in [-0.3, -0.25) is 4.98 Å².